The molecule has 170 valence electrons. The molecule has 4 saturated carbocycles. The smallest absolute Gasteiger partial charge is 0.243 e. The van der Waals surface area contributed by atoms with Crippen molar-refractivity contribution in [2.45, 2.75) is 61.9 Å². The van der Waals surface area contributed by atoms with Gasteiger partial charge in [-0.3, -0.25) is 9.69 Å². The summed E-state index contributed by atoms with van der Waals surface area (Å²) >= 11 is 5.89. The molecular weight excluding hydrogens is 434 g/mol. The van der Waals surface area contributed by atoms with Crippen molar-refractivity contribution in [1.29, 1.82) is 0 Å². The van der Waals surface area contributed by atoms with E-state index in [1.807, 2.05) is 6.92 Å². The number of carbonyl (C=O) groups is 1. The zero-order valence-electron chi connectivity index (χ0n) is 18.1. The second kappa shape index (κ2) is 8.01. The standard InChI is InChI=1S/C23H32ClN3O3S/c1-16(22(28)25-23-13-17-10-18(14-23)12-19(11-17)15-23)26-6-8-27(9-7-26)31(29,30)21-4-2-20(24)3-5-21/h2-5,16-19H,6-15H2,1H3,(H,25,28)/t16-,17?,18?,19?,23?/m0/s1. The van der Waals surface area contributed by atoms with E-state index in [-0.39, 0.29) is 22.4 Å². The number of carbonyl (C=O) groups excluding carboxylic acids is 1. The molecular formula is C23H32ClN3O3S. The van der Waals surface area contributed by atoms with Gasteiger partial charge < -0.3 is 5.32 Å². The Morgan fingerprint density at radius 1 is 1.00 bits per heavy atom. The summed E-state index contributed by atoms with van der Waals surface area (Å²) < 4.78 is 27.3. The average Bonchev–Trinajstić information content (AvgIpc) is 2.72. The molecule has 0 spiro atoms. The molecule has 4 bridgehead atoms. The molecule has 0 aromatic heterocycles. The van der Waals surface area contributed by atoms with E-state index in [1.165, 1.54) is 23.6 Å². The Hall–Kier alpha value is -1.15. The molecule has 1 aromatic carbocycles. The van der Waals surface area contributed by atoms with Crippen LogP contribution in [0, 0.1) is 17.8 Å². The maximum Gasteiger partial charge on any atom is 0.243 e. The van der Waals surface area contributed by atoms with E-state index in [9.17, 15) is 13.2 Å². The molecule has 1 saturated heterocycles. The number of sulfonamides is 1. The Kier molecular flexibility index (Phi) is 5.60. The second-order valence-electron chi connectivity index (χ2n) is 10.3. The van der Waals surface area contributed by atoms with E-state index in [0.717, 1.165) is 37.0 Å². The lowest BCUT2D eigenvalue weighted by molar-refractivity contribution is -0.132. The molecule has 1 aliphatic heterocycles. The van der Waals surface area contributed by atoms with Crippen LogP contribution in [-0.2, 0) is 14.8 Å². The number of halogens is 1. The van der Waals surface area contributed by atoms with E-state index < -0.39 is 10.0 Å². The zero-order chi connectivity index (χ0) is 21.8. The number of hydrogen-bond donors (Lipinski definition) is 1. The van der Waals surface area contributed by atoms with Crippen molar-refractivity contribution in [1.82, 2.24) is 14.5 Å². The van der Waals surface area contributed by atoms with Crippen molar-refractivity contribution < 1.29 is 13.2 Å². The highest BCUT2D eigenvalue weighted by molar-refractivity contribution is 7.89. The fourth-order valence-electron chi connectivity index (χ4n) is 6.88. The second-order valence-corrected chi connectivity index (χ2v) is 12.6. The Balaban J connectivity index is 1.19. The molecule has 1 aromatic rings. The van der Waals surface area contributed by atoms with Gasteiger partial charge in [0, 0.05) is 36.7 Å². The van der Waals surface area contributed by atoms with Gasteiger partial charge in [0.2, 0.25) is 15.9 Å². The summed E-state index contributed by atoms with van der Waals surface area (Å²) in [6, 6.07) is 6.05. The third-order valence-corrected chi connectivity index (χ3v) is 10.2. The van der Waals surface area contributed by atoms with E-state index >= 15 is 0 Å². The van der Waals surface area contributed by atoms with E-state index in [1.54, 1.807) is 24.3 Å². The Morgan fingerprint density at radius 2 is 1.52 bits per heavy atom. The highest BCUT2D eigenvalue weighted by atomic mass is 35.5. The van der Waals surface area contributed by atoms with Gasteiger partial charge in [-0.1, -0.05) is 11.6 Å². The lowest BCUT2D eigenvalue weighted by atomic mass is 9.53. The van der Waals surface area contributed by atoms with Crippen LogP contribution >= 0.6 is 11.6 Å². The van der Waals surface area contributed by atoms with Gasteiger partial charge in [0.15, 0.2) is 0 Å². The largest absolute Gasteiger partial charge is 0.349 e. The first-order valence-electron chi connectivity index (χ1n) is 11.6. The van der Waals surface area contributed by atoms with Gasteiger partial charge in [-0.15, -0.1) is 0 Å². The number of amides is 1. The number of hydrogen-bond acceptors (Lipinski definition) is 4. The van der Waals surface area contributed by atoms with Crippen LogP contribution in [0.5, 0.6) is 0 Å². The molecule has 6 rings (SSSR count). The SMILES string of the molecule is C[C@@H](C(=O)NC12CC3CC(CC(C3)C1)C2)N1CCN(S(=O)(=O)c2ccc(Cl)cc2)CC1. The Labute approximate surface area is 190 Å². The Morgan fingerprint density at radius 3 is 2.03 bits per heavy atom. The van der Waals surface area contributed by atoms with Gasteiger partial charge in [0.25, 0.3) is 0 Å². The summed E-state index contributed by atoms with van der Waals surface area (Å²) in [5, 5.41) is 3.99. The van der Waals surface area contributed by atoms with Crippen molar-refractivity contribution >= 4 is 27.5 Å². The number of nitrogens with one attached hydrogen (secondary N) is 1. The van der Waals surface area contributed by atoms with Crippen LogP contribution in [0.3, 0.4) is 0 Å². The average molecular weight is 466 g/mol. The van der Waals surface area contributed by atoms with Crippen LogP contribution in [0.2, 0.25) is 5.02 Å². The molecule has 5 aliphatic rings. The number of rotatable bonds is 5. The lowest BCUT2D eigenvalue weighted by Gasteiger charge is -2.57. The van der Waals surface area contributed by atoms with Crippen LogP contribution in [0.1, 0.15) is 45.4 Å². The van der Waals surface area contributed by atoms with Crippen molar-refractivity contribution in [2.75, 3.05) is 26.2 Å². The number of benzene rings is 1. The summed E-state index contributed by atoms with van der Waals surface area (Å²) in [5.41, 5.74) is 0.0137. The molecule has 6 nitrogen and oxygen atoms in total. The van der Waals surface area contributed by atoms with Crippen molar-refractivity contribution in [3.8, 4) is 0 Å². The van der Waals surface area contributed by atoms with E-state index in [0.29, 0.717) is 31.2 Å². The van der Waals surface area contributed by atoms with Crippen molar-refractivity contribution in [3.05, 3.63) is 29.3 Å². The van der Waals surface area contributed by atoms with Crippen molar-refractivity contribution in [3.63, 3.8) is 0 Å². The lowest BCUT2D eigenvalue weighted by Crippen LogP contribution is -2.63. The van der Waals surface area contributed by atoms with Gasteiger partial charge in [0.05, 0.1) is 10.9 Å². The third-order valence-electron chi connectivity index (χ3n) is 8.08. The summed E-state index contributed by atoms with van der Waals surface area (Å²) in [6.07, 6.45) is 7.50. The first kappa shape index (κ1) is 21.7. The molecule has 1 amide bonds. The molecule has 1 heterocycles. The predicted octanol–water partition coefficient (Wildman–Crippen LogP) is 3.12. The van der Waals surface area contributed by atoms with Gasteiger partial charge >= 0.3 is 0 Å². The first-order valence-corrected chi connectivity index (χ1v) is 13.4. The fraction of sp³-hybridized carbons (Fsp3) is 0.696. The third kappa shape index (κ3) is 4.14. The highest BCUT2D eigenvalue weighted by Crippen LogP contribution is 2.55. The Bertz CT molecular complexity index is 906. The molecule has 0 unspecified atom stereocenters. The van der Waals surface area contributed by atoms with Crippen molar-refractivity contribution in [2.24, 2.45) is 17.8 Å². The number of piperazine rings is 1. The van der Waals surface area contributed by atoms with Gasteiger partial charge in [-0.05, 0) is 87.5 Å². The van der Waals surface area contributed by atoms with E-state index in [2.05, 4.69) is 10.2 Å². The van der Waals surface area contributed by atoms with E-state index in [4.69, 9.17) is 11.6 Å². The fourth-order valence-corrected chi connectivity index (χ4v) is 8.43. The number of nitrogens with zero attached hydrogens (tertiary/aromatic N) is 2. The quantitative estimate of drug-likeness (QED) is 0.725. The normalized spacial score (nSPS) is 34.6. The first-order chi connectivity index (χ1) is 14.7. The molecule has 31 heavy (non-hydrogen) atoms. The van der Waals surface area contributed by atoms with Gasteiger partial charge in [-0.2, -0.15) is 4.31 Å². The van der Waals surface area contributed by atoms with Crippen LogP contribution in [0.15, 0.2) is 29.2 Å². The molecule has 4 aliphatic carbocycles. The van der Waals surface area contributed by atoms with Crippen LogP contribution < -0.4 is 5.32 Å². The monoisotopic (exact) mass is 465 g/mol. The highest BCUT2D eigenvalue weighted by Gasteiger charge is 2.52. The minimum atomic E-state index is -3.54. The topological polar surface area (TPSA) is 69.7 Å². The van der Waals surface area contributed by atoms with Gasteiger partial charge in [0.1, 0.15) is 0 Å². The minimum absolute atomic E-state index is 0.0137. The predicted molar refractivity (Wildman–Crippen MR) is 120 cm³/mol. The van der Waals surface area contributed by atoms with Crippen LogP contribution in [-0.4, -0.2) is 61.3 Å². The maximum absolute atomic E-state index is 13.2. The van der Waals surface area contributed by atoms with Crippen LogP contribution in [0.4, 0.5) is 0 Å². The maximum atomic E-state index is 13.2. The summed E-state index contributed by atoms with van der Waals surface area (Å²) in [6.45, 7) is 3.85. The molecule has 8 heteroatoms. The zero-order valence-corrected chi connectivity index (χ0v) is 19.7. The molecule has 1 atom stereocenters. The molecule has 5 fully saturated rings. The van der Waals surface area contributed by atoms with Crippen LogP contribution in [0.25, 0.3) is 0 Å². The van der Waals surface area contributed by atoms with Gasteiger partial charge in [-0.25, -0.2) is 8.42 Å². The summed E-state index contributed by atoms with van der Waals surface area (Å²) in [7, 11) is -3.54. The molecule has 1 N–H and O–H groups in total. The molecule has 0 radical (unpaired) electrons. The summed E-state index contributed by atoms with van der Waals surface area (Å²) in [5.74, 6) is 2.49. The minimum Gasteiger partial charge on any atom is -0.349 e. The summed E-state index contributed by atoms with van der Waals surface area (Å²) in [4.78, 5) is 15.5.